The first-order chi connectivity index (χ1) is 15.7. The summed E-state index contributed by atoms with van der Waals surface area (Å²) in [6.07, 6.45) is 3.27. The smallest absolute Gasteiger partial charge is 0.398 e. The Morgan fingerprint density at radius 1 is 0.939 bits per heavy atom. The van der Waals surface area contributed by atoms with E-state index in [4.69, 9.17) is 9.31 Å². The molecule has 0 unspecified atom stereocenters. The van der Waals surface area contributed by atoms with Gasteiger partial charge in [-0.15, -0.1) is 0 Å². The Kier molecular flexibility index (Phi) is 5.18. The molecular formula is C27H29BN2O3. The quantitative estimate of drug-likeness (QED) is 0.546. The molecule has 0 atom stereocenters. The van der Waals surface area contributed by atoms with E-state index in [0.717, 1.165) is 40.1 Å². The lowest BCUT2D eigenvalue weighted by atomic mass is 9.84. The average Bonchev–Trinajstić information content (AvgIpc) is 3.24. The third-order valence-electron chi connectivity index (χ3n) is 7.12. The Labute approximate surface area is 195 Å². The van der Waals surface area contributed by atoms with Gasteiger partial charge in [0.2, 0.25) is 5.91 Å². The van der Waals surface area contributed by atoms with Crippen molar-refractivity contribution in [1.82, 2.24) is 4.98 Å². The summed E-state index contributed by atoms with van der Waals surface area (Å²) < 4.78 is 12.2. The van der Waals surface area contributed by atoms with Crippen molar-refractivity contribution >= 4 is 30.0 Å². The number of carbonyl (C=O) groups excluding carboxylic acids is 1. The minimum atomic E-state index is -0.471. The van der Waals surface area contributed by atoms with Gasteiger partial charge in [0.1, 0.15) is 0 Å². The maximum atomic E-state index is 12.7. The lowest BCUT2D eigenvalue weighted by molar-refractivity contribution is -0.116. The largest absolute Gasteiger partial charge is 0.514 e. The van der Waals surface area contributed by atoms with E-state index in [2.05, 4.69) is 30.1 Å². The second-order valence-corrected chi connectivity index (χ2v) is 9.83. The number of aromatic nitrogens is 1. The summed E-state index contributed by atoms with van der Waals surface area (Å²) in [5.74, 6) is 0.111. The predicted molar refractivity (Wildman–Crippen MR) is 132 cm³/mol. The minimum absolute atomic E-state index is 0.111. The molecule has 2 aromatic carbocycles. The highest BCUT2D eigenvalue weighted by Gasteiger charge is 2.52. The third kappa shape index (κ3) is 3.77. The second-order valence-electron chi connectivity index (χ2n) is 9.83. The number of rotatable bonds is 4. The lowest BCUT2D eigenvalue weighted by Gasteiger charge is -2.32. The Morgan fingerprint density at radius 3 is 2.21 bits per heavy atom. The Hall–Kier alpha value is -2.96. The van der Waals surface area contributed by atoms with E-state index < -0.39 is 18.3 Å². The van der Waals surface area contributed by atoms with Gasteiger partial charge in [-0.3, -0.25) is 14.7 Å². The van der Waals surface area contributed by atoms with Gasteiger partial charge in [-0.1, -0.05) is 37.3 Å². The standard InChI is InChI=1S/C27H29BN2O3/c1-6-18-7-13-23-21(15-18)16-25(31)30(23)22-11-8-19(9-12-22)20-10-14-24(29-17-20)28-32-26(2,3)27(4,5)33-28/h7-15,17H,6,16H2,1-5H3. The second kappa shape index (κ2) is 7.82. The van der Waals surface area contributed by atoms with Gasteiger partial charge < -0.3 is 9.31 Å². The van der Waals surface area contributed by atoms with Crippen LogP contribution in [0.1, 0.15) is 45.7 Å². The van der Waals surface area contributed by atoms with Crippen molar-refractivity contribution in [2.75, 3.05) is 4.90 Å². The van der Waals surface area contributed by atoms with Crippen LogP contribution in [0.4, 0.5) is 11.4 Å². The van der Waals surface area contributed by atoms with Crippen LogP contribution < -0.4 is 10.5 Å². The van der Waals surface area contributed by atoms with Crippen molar-refractivity contribution in [3.05, 3.63) is 71.9 Å². The average molecular weight is 440 g/mol. The number of anilines is 2. The van der Waals surface area contributed by atoms with E-state index in [1.807, 2.05) is 75.2 Å². The minimum Gasteiger partial charge on any atom is -0.398 e. The van der Waals surface area contributed by atoms with Crippen LogP contribution in [0.5, 0.6) is 0 Å². The summed E-state index contributed by atoms with van der Waals surface area (Å²) in [7, 11) is -0.471. The number of hydrogen-bond donors (Lipinski definition) is 0. The summed E-state index contributed by atoms with van der Waals surface area (Å²) in [6.45, 7) is 10.3. The summed E-state index contributed by atoms with van der Waals surface area (Å²) in [5.41, 5.74) is 6.25. The summed E-state index contributed by atoms with van der Waals surface area (Å²) >= 11 is 0. The molecule has 33 heavy (non-hydrogen) atoms. The molecule has 5 nitrogen and oxygen atoms in total. The molecule has 0 radical (unpaired) electrons. The molecule has 6 heteroatoms. The van der Waals surface area contributed by atoms with E-state index in [1.165, 1.54) is 5.56 Å². The molecule has 1 amide bonds. The summed E-state index contributed by atoms with van der Waals surface area (Å²) in [6, 6.07) is 18.4. The fourth-order valence-electron chi connectivity index (χ4n) is 4.36. The van der Waals surface area contributed by atoms with Crippen molar-refractivity contribution < 1.29 is 14.1 Å². The highest BCUT2D eigenvalue weighted by molar-refractivity contribution is 6.61. The molecule has 1 aromatic heterocycles. The molecule has 1 saturated heterocycles. The molecule has 0 aliphatic carbocycles. The van der Waals surface area contributed by atoms with Gasteiger partial charge in [0, 0.05) is 11.9 Å². The van der Waals surface area contributed by atoms with E-state index in [1.54, 1.807) is 0 Å². The van der Waals surface area contributed by atoms with Gasteiger partial charge in [-0.2, -0.15) is 0 Å². The first kappa shape index (κ1) is 21.9. The molecular weight excluding hydrogens is 411 g/mol. The fraction of sp³-hybridized carbons (Fsp3) is 0.333. The van der Waals surface area contributed by atoms with Gasteiger partial charge in [0.05, 0.1) is 28.9 Å². The van der Waals surface area contributed by atoms with E-state index in [0.29, 0.717) is 6.42 Å². The van der Waals surface area contributed by atoms with Crippen LogP contribution in [-0.2, 0) is 26.9 Å². The van der Waals surface area contributed by atoms with Crippen LogP contribution >= 0.6 is 0 Å². The molecule has 0 bridgehead atoms. The van der Waals surface area contributed by atoms with Gasteiger partial charge in [0.25, 0.3) is 0 Å². The molecule has 5 rings (SSSR count). The van der Waals surface area contributed by atoms with Crippen molar-refractivity contribution in [3.8, 4) is 11.1 Å². The molecule has 168 valence electrons. The Morgan fingerprint density at radius 2 is 1.61 bits per heavy atom. The van der Waals surface area contributed by atoms with E-state index >= 15 is 0 Å². The van der Waals surface area contributed by atoms with Gasteiger partial charge in [-0.05, 0) is 80.6 Å². The molecule has 2 aliphatic heterocycles. The summed E-state index contributed by atoms with van der Waals surface area (Å²) in [4.78, 5) is 19.2. The first-order valence-electron chi connectivity index (χ1n) is 11.6. The zero-order valence-electron chi connectivity index (χ0n) is 19.9. The van der Waals surface area contributed by atoms with Gasteiger partial charge in [-0.25, -0.2) is 0 Å². The maximum Gasteiger partial charge on any atom is 0.514 e. The SMILES string of the molecule is CCc1ccc2c(c1)CC(=O)N2c1ccc(-c2ccc(B3OC(C)(C)C(C)(C)O3)nc2)cc1. The van der Waals surface area contributed by atoms with Gasteiger partial charge >= 0.3 is 7.12 Å². The molecule has 2 aliphatic rings. The van der Waals surface area contributed by atoms with Crippen LogP contribution in [0.15, 0.2) is 60.8 Å². The van der Waals surface area contributed by atoms with Crippen molar-refractivity contribution in [2.24, 2.45) is 0 Å². The van der Waals surface area contributed by atoms with Crippen LogP contribution in [0.25, 0.3) is 11.1 Å². The number of fused-ring (bicyclic) bond motifs is 1. The molecule has 3 heterocycles. The normalized spacial score (nSPS) is 18.6. The number of pyridine rings is 1. The lowest BCUT2D eigenvalue weighted by Crippen LogP contribution is -2.41. The van der Waals surface area contributed by atoms with Crippen LogP contribution in [-0.4, -0.2) is 29.2 Å². The van der Waals surface area contributed by atoms with Crippen molar-refractivity contribution in [1.29, 1.82) is 0 Å². The number of carbonyl (C=O) groups is 1. The first-order valence-corrected chi connectivity index (χ1v) is 11.6. The highest BCUT2D eigenvalue weighted by atomic mass is 16.7. The van der Waals surface area contributed by atoms with Crippen LogP contribution in [0.3, 0.4) is 0 Å². The number of nitrogens with zero attached hydrogens (tertiary/aromatic N) is 2. The van der Waals surface area contributed by atoms with E-state index in [9.17, 15) is 4.79 Å². The summed E-state index contributed by atoms with van der Waals surface area (Å²) in [5, 5.41) is 0. The fourth-order valence-corrected chi connectivity index (χ4v) is 4.36. The van der Waals surface area contributed by atoms with Crippen molar-refractivity contribution in [2.45, 2.75) is 58.7 Å². The molecule has 0 N–H and O–H groups in total. The predicted octanol–water partition coefficient (Wildman–Crippen LogP) is 4.83. The number of amides is 1. The monoisotopic (exact) mass is 440 g/mol. The number of benzene rings is 2. The zero-order valence-corrected chi connectivity index (χ0v) is 19.9. The topological polar surface area (TPSA) is 51.7 Å². The number of hydrogen-bond acceptors (Lipinski definition) is 4. The molecule has 3 aromatic rings. The highest BCUT2D eigenvalue weighted by Crippen LogP contribution is 2.38. The molecule has 0 saturated carbocycles. The Balaban J connectivity index is 1.35. The van der Waals surface area contributed by atoms with Gasteiger partial charge in [0.15, 0.2) is 0 Å². The van der Waals surface area contributed by atoms with Crippen LogP contribution in [0, 0.1) is 0 Å². The molecule has 1 fully saturated rings. The zero-order chi connectivity index (χ0) is 23.4. The number of aryl methyl sites for hydroxylation is 1. The van der Waals surface area contributed by atoms with E-state index in [-0.39, 0.29) is 5.91 Å². The molecule has 0 spiro atoms. The van der Waals surface area contributed by atoms with Crippen molar-refractivity contribution in [3.63, 3.8) is 0 Å². The third-order valence-corrected chi connectivity index (χ3v) is 7.12. The maximum absolute atomic E-state index is 12.7. The van der Waals surface area contributed by atoms with Crippen LogP contribution in [0.2, 0.25) is 0 Å². The Bertz CT molecular complexity index is 1190.